The summed E-state index contributed by atoms with van der Waals surface area (Å²) in [4.78, 5) is 0. The molecule has 0 aliphatic heterocycles. The van der Waals surface area contributed by atoms with Gasteiger partial charge in [0.2, 0.25) is 0 Å². The predicted molar refractivity (Wildman–Crippen MR) is 78.7 cm³/mol. The highest BCUT2D eigenvalue weighted by Gasteiger charge is 2.06. The summed E-state index contributed by atoms with van der Waals surface area (Å²) in [5.41, 5.74) is 2.14. The summed E-state index contributed by atoms with van der Waals surface area (Å²) in [6.07, 6.45) is 1.90. The lowest BCUT2D eigenvalue weighted by Gasteiger charge is -2.08. The zero-order chi connectivity index (χ0) is 13.8. The summed E-state index contributed by atoms with van der Waals surface area (Å²) in [6, 6.07) is 17.9. The second-order valence-corrected chi connectivity index (χ2v) is 4.66. The van der Waals surface area contributed by atoms with E-state index in [1.165, 1.54) is 0 Å². The van der Waals surface area contributed by atoms with Crippen molar-refractivity contribution in [2.45, 2.75) is 13.2 Å². The summed E-state index contributed by atoms with van der Waals surface area (Å²) < 4.78 is 20.3. The predicted octanol–water partition coefficient (Wildman–Crippen LogP) is 4.19. The molecule has 3 aromatic rings. The van der Waals surface area contributed by atoms with Gasteiger partial charge in [-0.2, -0.15) is 0 Å². The summed E-state index contributed by atoms with van der Waals surface area (Å²) in [7, 11) is 0. The molecule has 2 nitrogen and oxygen atoms in total. The Bertz CT molecular complexity index is 691. The van der Waals surface area contributed by atoms with E-state index in [2.05, 4.69) is 0 Å². The fourth-order valence-corrected chi connectivity index (χ4v) is 2.34. The van der Waals surface area contributed by atoms with Crippen LogP contribution in [0.2, 0.25) is 0 Å². The summed E-state index contributed by atoms with van der Waals surface area (Å²) in [6.45, 7) is 0.554. The first-order valence-electron chi connectivity index (χ1n) is 6.69. The molecule has 3 heteroatoms. The van der Waals surface area contributed by atoms with Gasteiger partial charge in [-0.25, -0.2) is 4.39 Å². The first-order chi connectivity index (χ1) is 9.88. The number of aryl methyl sites for hydroxylation is 1. The topological polar surface area (TPSA) is 14.2 Å². The molecule has 20 heavy (non-hydrogen) atoms. The van der Waals surface area contributed by atoms with Gasteiger partial charge in [-0.3, -0.25) is 0 Å². The summed E-state index contributed by atoms with van der Waals surface area (Å²) in [5.74, 6) is 0.837. The molecule has 0 fully saturated rings. The number of halogens is 1. The van der Waals surface area contributed by atoms with Crippen molar-refractivity contribution in [2.24, 2.45) is 0 Å². The van der Waals surface area contributed by atoms with Gasteiger partial charge in [-0.15, -0.1) is 0 Å². The fourth-order valence-electron chi connectivity index (χ4n) is 2.34. The molecule has 0 unspecified atom stereocenters. The largest absolute Gasteiger partial charge is 0.488 e. The Labute approximate surface area is 117 Å². The summed E-state index contributed by atoms with van der Waals surface area (Å²) >= 11 is 0. The fraction of sp³-hybridized carbons (Fsp3) is 0.176. The van der Waals surface area contributed by atoms with Crippen LogP contribution in [0, 0.1) is 0 Å². The molecule has 0 atom stereocenters. The number of ether oxygens (including phenoxy) is 1. The molecule has 3 rings (SSSR count). The first kappa shape index (κ1) is 12.7. The van der Waals surface area contributed by atoms with Crippen molar-refractivity contribution in [2.75, 3.05) is 6.67 Å². The average Bonchev–Trinajstić information content (AvgIpc) is 2.91. The van der Waals surface area contributed by atoms with Gasteiger partial charge < -0.3 is 9.30 Å². The Morgan fingerprint density at radius 3 is 2.60 bits per heavy atom. The third-order valence-electron chi connectivity index (χ3n) is 3.34. The Morgan fingerprint density at radius 2 is 1.80 bits per heavy atom. The Kier molecular flexibility index (Phi) is 3.68. The number of benzene rings is 2. The number of hydrogen-bond acceptors (Lipinski definition) is 1. The van der Waals surface area contributed by atoms with E-state index in [0.717, 1.165) is 22.2 Å². The molecule has 0 saturated carbocycles. The van der Waals surface area contributed by atoms with Crippen LogP contribution in [0.4, 0.5) is 4.39 Å². The monoisotopic (exact) mass is 269 g/mol. The molecule has 0 aliphatic rings. The third-order valence-corrected chi connectivity index (χ3v) is 3.34. The minimum Gasteiger partial charge on any atom is -0.488 e. The van der Waals surface area contributed by atoms with Crippen LogP contribution in [-0.4, -0.2) is 11.2 Å². The van der Waals surface area contributed by atoms with Crippen molar-refractivity contribution in [3.8, 4) is 5.75 Å². The smallest absolute Gasteiger partial charge is 0.129 e. The van der Waals surface area contributed by atoms with Crippen molar-refractivity contribution in [3.63, 3.8) is 0 Å². The number of rotatable bonds is 5. The van der Waals surface area contributed by atoms with Crippen LogP contribution in [0.15, 0.2) is 60.8 Å². The van der Waals surface area contributed by atoms with Gasteiger partial charge in [0.15, 0.2) is 0 Å². The highest BCUT2D eigenvalue weighted by Crippen LogP contribution is 2.27. The summed E-state index contributed by atoms with van der Waals surface area (Å²) in [5, 5.41) is 1.02. The molecule has 1 aromatic heterocycles. The van der Waals surface area contributed by atoms with Gasteiger partial charge in [0.05, 0.1) is 12.1 Å². The maximum atomic E-state index is 12.5. The highest BCUT2D eigenvalue weighted by molar-refractivity contribution is 5.86. The number of nitrogens with zero attached hydrogens (tertiary/aromatic N) is 1. The number of hydrogen-bond donors (Lipinski definition) is 0. The Morgan fingerprint density at radius 1 is 0.950 bits per heavy atom. The molecule has 0 radical (unpaired) electrons. The molecule has 0 aliphatic carbocycles. The Hall–Kier alpha value is -2.29. The van der Waals surface area contributed by atoms with Gasteiger partial charge in [-0.05, 0) is 23.8 Å². The van der Waals surface area contributed by atoms with Crippen LogP contribution in [0.5, 0.6) is 5.75 Å². The normalized spacial score (nSPS) is 10.8. The van der Waals surface area contributed by atoms with Crippen molar-refractivity contribution in [1.29, 1.82) is 0 Å². The lowest BCUT2D eigenvalue weighted by Crippen LogP contribution is -1.98. The van der Waals surface area contributed by atoms with Crippen LogP contribution >= 0.6 is 0 Å². The van der Waals surface area contributed by atoms with Crippen molar-refractivity contribution < 1.29 is 9.13 Å². The second-order valence-electron chi connectivity index (χ2n) is 4.66. The van der Waals surface area contributed by atoms with Crippen LogP contribution in [0.1, 0.15) is 5.56 Å². The molecule has 0 bridgehead atoms. The number of aromatic nitrogens is 1. The maximum Gasteiger partial charge on any atom is 0.129 e. The standard InChI is InChI=1S/C17H16FNO/c18-10-12-19-11-9-15-16(19)7-4-8-17(15)20-13-14-5-2-1-3-6-14/h1-9,11H,10,12-13H2. The minimum atomic E-state index is -0.362. The lowest BCUT2D eigenvalue weighted by atomic mass is 10.2. The Balaban J connectivity index is 1.85. The lowest BCUT2D eigenvalue weighted by molar-refractivity contribution is 0.310. The first-order valence-corrected chi connectivity index (χ1v) is 6.69. The third kappa shape index (κ3) is 2.52. The van der Waals surface area contributed by atoms with E-state index in [-0.39, 0.29) is 6.67 Å². The van der Waals surface area contributed by atoms with E-state index in [9.17, 15) is 4.39 Å². The number of alkyl halides is 1. The van der Waals surface area contributed by atoms with E-state index >= 15 is 0 Å². The van der Waals surface area contributed by atoms with Crippen LogP contribution in [0.25, 0.3) is 10.9 Å². The zero-order valence-electron chi connectivity index (χ0n) is 11.1. The van der Waals surface area contributed by atoms with Crippen LogP contribution in [-0.2, 0) is 13.2 Å². The van der Waals surface area contributed by atoms with E-state index < -0.39 is 0 Å². The quantitative estimate of drug-likeness (QED) is 0.677. The van der Waals surface area contributed by atoms with Crippen molar-refractivity contribution in [3.05, 3.63) is 66.4 Å². The number of fused-ring (bicyclic) bond motifs is 1. The zero-order valence-corrected chi connectivity index (χ0v) is 11.1. The van der Waals surface area contributed by atoms with E-state index in [1.54, 1.807) is 0 Å². The molecular formula is C17H16FNO. The average molecular weight is 269 g/mol. The minimum absolute atomic E-state index is 0.362. The molecular weight excluding hydrogens is 253 g/mol. The van der Waals surface area contributed by atoms with Gasteiger partial charge >= 0.3 is 0 Å². The highest BCUT2D eigenvalue weighted by atomic mass is 19.1. The maximum absolute atomic E-state index is 12.5. The van der Waals surface area contributed by atoms with Crippen molar-refractivity contribution >= 4 is 10.9 Å². The molecule has 0 saturated heterocycles. The second kappa shape index (κ2) is 5.78. The van der Waals surface area contributed by atoms with E-state index in [4.69, 9.17) is 4.74 Å². The van der Waals surface area contributed by atoms with Gasteiger partial charge in [0.1, 0.15) is 19.0 Å². The van der Waals surface area contributed by atoms with Crippen molar-refractivity contribution in [1.82, 2.24) is 4.57 Å². The van der Waals surface area contributed by atoms with Crippen LogP contribution < -0.4 is 4.74 Å². The molecule has 102 valence electrons. The van der Waals surface area contributed by atoms with Gasteiger partial charge in [0.25, 0.3) is 0 Å². The molecule has 2 aromatic carbocycles. The SMILES string of the molecule is FCCn1ccc2c(OCc3ccccc3)cccc21. The van der Waals surface area contributed by atoms with Gasteiger partial charge in [0, 0.05) is 11.6 Å². The van der Waals surface area contributed by atoms with Crippen LogP contribution in [0.3, 0.4) is 0 Å². The molecule has 1 heterocycles. The molecule has 0 N–H and O–H groups in total. The van der Waals surface area contributed by atoms with E-state index in [1.807, 2.05) is 65.4 Å². The molecule has 0 spiro atoms. The van der Waals surface area contributed by atoms with Gasteiger partial charge in [-0.1, -0.05) is 36.4 Å². The van der Waals surface area contributed by atoms with E-state index in [0.29, 0.717) is 13.2 Å². The molecule has 0 amide bonds.